The number of hydrogen-bond donors (Lipinski definition) is 1. The molecule has 1 N–H and O–H groups in total. The van der Waals surface area contributed by atoms with Crippen molar-refractivity contribution in [3.8, 4) is 0 Å². The molecule has 0 amide bonds. The van der Waals surface area contributed by atoms with Crippen LogP contribution >= 0.6 is 0 Å². The second kappa shape index (κ2) is 6.58. The molecule has 1 fully saturated rings. The first-order valence-electron chi connectivity index (χ1n) is 7.69. The van der Waals surface area contributed by atoms with Crippen LogP contribution in [0.1, 0.15) is 64.7 Å². The lowest BCUT2D eigenvalue weighted by molar-refractivity contribution is 0.332. The molecule has 98 valence electrons. The highest BCUT2D eigenvalue weighted by atomic mass is 14.9. The Balaban J connectivity index is 2.04. The summed E-state index contributed by atoms with van der Waals surface area (Å²) in [5.41, 5.74) is 1.73. The summed E-state index contributed by atoms with van der Waals surface area (Å²) in [5, 5.41) is 3.62. The molecular formula is C16H29N. The minimum Gasteiger partial charge on any atom is -0.313 e. The zero-order chi connectivity index (χ0) is 12.1. The van der Waals surface area contributed by atoms with Gasteiger partial charge in [0.2, 0.25) is 0 Å². The van der Waals surface area contributed by atoms with Crippen molar-refractivity contribution in [2.75, 3.05) is 7.05 Å². The third-order valence-electron chi connectivity index (χ3n) is 4.89. The van der Waals surface area contributed by atoms with Crippen molar-refractivity contribution in [1.29, 1.82) is 0 Å². The van der Waals surface area contributed by atoms with Gasteiger partial charge in [-0.3, -0.25) is 0 Å². The van der Waals surface area contributed by atoms with Gasteiger partial charge in [0, 0.05) is 6.04 Å². The van der Waals surface area contributed by atoms with Crippen LogP contribution in [0.2, 0.25) is 0 Å². The van der Waals surface area contributed by atoms with Crippen molar-refractivity contribution in [2.45, 2.75) is 70.8 Å². The van der Waals surface area contributed by atoms with Gasteiger partial charge >= 0.3 is 0 Å². The Morgan fingerprint density at radius 1 is 1.12 bits per heavy atom. The monoisotopic (exact) mass is 235 g/mol. The Labute approximate surface area is 107 Å². The maximum absolute atomic E-state index is 3.62. The topological polar surface area (TPSA) is 12.0 Å². The lowest BCUT2D eigenvalue weighted by Gasteiger charge is -2.30. The number of hydrogen-bond acceptors (Lipinski definition) is 1. The highest BCUT2D eigenvalue weighted by molar-refractivity contribution is 5.14. The van der Waals surface area contributed by atoms with Gasteiger partial charge in [0.05, 0.1) is 0 Å². The van der Waals surface area contributed by atoms with E-state index in [2.05, 4.69) is 25.4 Å². The molecule has 17 heavy (non-hydrogen) atoms. The number of likely N-dealkylation sites (N-methyl/N-ethyl adjacent to an activating group) is 1. The fraction of sp³-hybridized carbons (Fsp3) is 0.875. The summed E-state index contributed by atoms with van der Waals surface area (Å²) in [5.74, 6) is 1.81. The van der Waals surface area contributed by atoms with Crippen LogP contribution in [-0.4, -0.2) is 13.1 Å². The predicted molar refractivity (Wildman–Crippen MR) is 75.1 cm³/mol. The van der Waals surface area contributed by atoms with E-state index in [-0.39, 0.29) is 0 Å². The van der Waals surface area contributed by atoms with E-state index >= 15 is 0 Å². The maximum Gasteiger partial charge on any atom is 0.0307 e. The van der Waals surface area contributed by atoms with Crippen LogP contribution in [0.25, 0.3) is 0 Å². The van der Waals surface area contributed by atoms with E-state index in [0.29, 0.717) is 6.04 Å². The average molecular weight is 235 g/mol. The second-order valence-corrected chi connectivity index (χ2v) is 6.07. The summed E-state index contributed by atoms with van der Waals surface area (Å²) < 4.78 is 0. The van der Waals surface area contributed by atoms with Gasteiger partial charge in [0.15, 0.2) is 0 Å². The van der Waals surface area contributed by atoms with Crippen LogP contribution < -0.4 is 5.32 Å². The molecule has 0 heterocycles. The van der Waals surface area contributed by atoms with Crippen LogP contribution in [0.15, 0.2) is 11.6 Å². The highest BCUT2D eigenvalue weighted by Crippen LogP contribution is 2.37. The standard InChI is InChI=1S/C16H29N/c1-13-9-8-12-15(13)16(17-2)14-10-6-4-3-5-7-11-14/h10,13,15-17H,3-9,11-12H2,1-2H3. The van der Waals surface area contributed by atoms with Crippen LogP contribution in [-0.2, 0) is 0 Å². The van der Waals surface area contributed by atoms with Gasteiger partial charge in [-0.2, -0.15) is 0 Å². The van der Waals surface area contributed by atoms with E-state index < -0.39 is 0 Å². The van der Waals surface area contributed by atoms with Gasteiger partial charge in [-0.15, -0.1) is 0 Å². The van der Waals surface area contributed by atoms with Crippen LogP contribution in [0.4, 0.5) is 0 Å². The molecule has 2 aliphatic carbocycles. The largest absolute Gasteiger partial charge is 0.313 e. The van der Waals surface area contributed by atoms with Crippen molar-refractivity contribution < 1.29 is 0 Å². The molecule has 0 aromatic rings. The summed E-state index contributed by atoms with van der Waals surface area (Å²) in [6, 6.07) is 0.672. The zero-order valence-electron chi connectivity index (χ0n) is 11.7. The third-order valence-corrected chi connectivity index (χ3v) is 4.89. The van der Waals surface area contributed by atoms with Gasteiger partial charge in [0.1, 0.15) is 0 Å². The smallest absolute Gasteiger partial charge is 0.0307 e. The van der Waals surface area contributed by atoms with Gasteiger partial charge in [-0.05, 0) is 51.0 Å². The predicted octanol–water partition coefficient (Wildman–Crippen LogP) is 4.29. The molecule has 0 radical (unpaired) electrons. The van der Waals surface area contributed by atoms with Crippen LogP contribution in [0, 0.1) is 11.8 Å². The summed E-state index contributed by atoms with van der Waals surface area (Å²) in [6.45, 7) is 2.45. The van der Waals surface area contributed by atoms with E-state index in [4.69, 9.17) is 0 Å². The maximum atomic E-state index is 3.62. The van der Waals surface area contributed by atoms with Gasteiger partial charge in [-0.1, -0.05) is 44.3 Å². The number of allylic oxidation sites excluding steroid dienone is 1. The molecule has 1 nitrogen and oxygen atoms in total. The van der Waals surface area contributed by atoms with Crippen molar-refractivity contribution in [3.05, 3.63) is 11.6 Å². The summed E-state index contributed by atoms with van der Waals surface area (Å²) in [7, 11) is 2.16. The van der Waals surface area contributed by atoms with E-state index in [0.717, 1.165) is 11.8 Å². The van der Waals surface area contributed by atoms with E-state index in [9.17, 15) is 0 Å². The SMILES string of the molecule is CNC(C1=CCCCCCC1)C1CCCC1C. The molecule has 0 bridgehead atoms. The molecule has 0 aromatic carbocycles. The Morgan fingerprint density at radius 3 is 2.65 bits per heavy atom. The normalized spacial score (nSPS) is 32.7. The Bertz CT molecular complexity index is 256. The van der Waals surface area contributed by atoms with Crippen molar-refractivity contribution in [2.24, 2.45) is 11.8 Å². The Kier molecular flexibility index (Phi) is 5.09. The molecule has 3 atom stereocenters. The molecule has 0 spiro atoms. The molecule has 3 unspecified atom stereocenters. The van der Waals surface area contributed by atoms with Crippen molar-refractivity contribution in [3.63, 3.8) is 0 Å². The quantitative estimate of drug-likeness (QED) is 0.720. The van der Waals surface area contributed by atoms with Crippen molar-refractivity contribution in [1.82, 2.24) is 5.32 Å². The van der Waals surface area contributed by atoms with E-state index in [1.165, 1.54) is 57.8 Å². The molecule has 1 saturated carbocycles. The lowest BCUT2D eigenvalue weighted by Crippen LogP contribution is -2.37. The minimum absolute atomic E-state index is 0.672. The first kappa shape index (κ1) is 13.1. The van der Waals surface area contributed by atoms with Crippen molar-refractivity contribution >= 4 is 0 Å². The number of rotatable bonds is 3. The fourth-order valence-electron chi connectivity index (χ4n) is 3.84. The average Bonchev–Trinajstić information content (AvgIpc) is 2.69. The third kappa shape index (κ3) is 3.34. The molecule has 0 aliphatic heterocycles. The Hall–Kier alpha value is -0.300. The zero-order valence-corrected chi connectivity index (χ0v) is 11.7. The summed E-state index contributed by atoms with van der Waals surface area (Å²) in [6.07, 6.45) is 15.2. The highest BCUT2D eigenvalue weighted by Gasteiger charge is 2.31. The van der Waals surface area contributed by atoms with Crippen LogP contribution in [0.3, 0.4) is 0 Å². The number of nitrogens with one attached hydrogen (secondary N) is 1. The molecule has 0 aromatic heterocycles. The lowest BCUT2D eigenvalue weighted by atomic mass is 9.82. The molecule has 0 saturated heterocycles. The van der Waals surface area contributed by atoms with Gasteiger partial charge < -0.3 is 5.32 Å². The van der Waals surface area contributed by atoms with E-state index in [1.807, 2.05) is 0 Å². The van der Waals surface area contributed by atoms with E-state index in [1.54, 1.807) is 5.57 Å². The molecular weight excluding hydrogens is 206 g/mol. The fourth-order valence-corrected chi connectivity index (χ4v) is 3.84. The Morgan fingerprint density at radius 2 is 1.94 bits per heavy atom. The second-order valence-electron chi connectivity index (χ2n) is 6.07. The van der Waals surface area contributed by atoms with Gasteiger partial charge in [-0.25, -0.2) is 0 Å². The molecule has 2 rings (SSSR count). The van der Waals surface area contributed by atoms with Crippen LogP contribution in [0.5, 0.6) is 0 Å². The van der Waals surface area contributed by atoms with Gasteiger partial charge in [0.25, 0.3) is 0 Å². The molecule has 2 aliphatic rings. The first-order chi connectivity index (χ1) is 8.33. The minimum atomic E-state index is 0.672. The summed E-state index contributed by atoms with van der Waals surface area (Å²) in [4.78, 5) is 0. The molecule has 1 heteroatoms. The summed E-state index contributed by atoms with van der Waals surface area (Å²) >= 11 is 0. The first-order valence-corrected chi connectivity index (χ1v) is 7.69.